The maximum atomic E-state index is 13.5. The van der Waals surface area contributed by atoms with Gasteiger partial charge in [0.2, 0.25) is 5.91 Å². The molecule has 2 aliphatic rings. The molecule has 34 heavy (non-hydrogen) atoms. The summed E-state index contributed by atoms with van der Waals surface area (Å²) in [5, 5.41) is 3.06. The molecule has 180 valence electrons. The summed E-state index contributed by atoms with van der Waals surface area (Å²) in [7, 11) is 0. The Morgan fingerprint density at radius 2 is 1.56 bits per heavy atom. The molecule has 0 spiro atoms. The summed E-state index contributed by atoms with van der Waals surface area (Å²) in [5.41, 5.74) is 2.30. The van der Waals surface area contributed by atoms with Crippen molar-refractivity contribution < 1.29 is 14.4 Å². The first-order valence-electron chi connectivity index (χ1n) is 12.1. The molecule has 0 bridgehead atoms. The summed E-state index contributed by atoms with van der Waals surface area (Å²) in [5.74, 6) is -0.210. The number of piperidine rings is 2. The lowest BCUT2D eigenvalue weighted by atomic mass is 9.87. The number of hydrogen-bond donors (Lipinski definition) is 1. The molecular weight excluding hydrogens is 494 g/mol. The second-order valence-corrected chi connectivity index (χ2v) is 10.3. The van der Waals surface area contributed by atoms with Gasteiger partial charge in [-0.3, -0.25) is 14.4 Å². The van der Waals surface area contributed by atoms with Crippen molar-refractivity contribution >= 4 is 33.7 Å². The first-order chi connectivity index (χ1) is 16.4. The number of nitrogens with zero attached hydrogens (tertiary/aromatic N) is 2. The molecule has 2 heterocycles. The van der Waals surface area contributed by atoms with E-state index >= 15 is 0 Å². The number of aryl methyl sites for hydroxylation is 1. The number of carbonyl (C=O) groups is 3. The third-order valence-electron chi connectivity index (χ3n) is 6.90. The predicted molar refractivity (Wildman–Crippen MR) is 136 cm³/mol. The van der Waals surface area contributed by atoms with Crippen LogP contribution in [0, 0.1) is 12.8 Å². The smallest absolute Gasteiger partial charge is 0.253 e. The van der Waals surface area contributed by atoms with Crippen molar-refractivity contribution in [1.29, 1.82) is 0 Å². The Balaban J connectivity index is 1.46. The van der Waals surface area contributed by atoms with Gasteiger partial charge in [-0.05, 0) is 75.3 Å². The van der Waals surface area contributed by atoms with Crippen molar-refractivity contribution in [2.45, 2.75) is 45.1 Å². The zero-order chi connectivity index (χ0) is 24.1. The standard InChI is InChI=1S/C27H32BrN3O3/c1-19-8-10-21(11-9-19)25(32)29-24(27(34)30-14-3-2-4-15-30)20-12-16-31(17-13-20)26(33)22-6-5-7-23(28)18-22/h5-11,18,20,24H,2-4,12-17H2,1H3,(H,29,32)/t24-/m1/s1. The maximum Gasteiger partial charge on any atom is 0.253 e. The second kappa shape index (κ2) is 11.2. The van der Waals surface area contributed by atoms with Crippen LogP contribution in [0.3, 0.4) is 0 Å². The van der Waals surface area contributed by atoms with E-state index in [0.29, 0.717) is 37.1 Å². The summed E-state index contributed by atoms with van der Waals surface area (Å²) in [6, 6.07) is 14.2. The normalized spacial score (nSPS) is 17.8. The van der Waals surface area contributed by atoms with Gasteiger partial charge in [-0.25, -0.2) is 0 Å². The van der Waals surface area contributed by atoms with E-state index in [1.54, 1.807) is 12.1 Å². The lowest BCUT2D eigenvalue weighted by Gasteiger charge is -2.38. The van der Waals surface area contributed by atoms with Gasteiger partial charge in [0.25, 0.3) is 11.8 Å². The van der Waals surface area contributed by atoms with Gasteiger partial charge >= 0.3 is 0 Å². The number of carbonyl (C=O) groups excluding carboxylic acids is 3. The number of nitrogens with one attached hydrogen (secondary N) is 1. The summed E-state index contributed by atoms with van der Waals surface area (Å²) in [6.45, 7) is 4.61. The fraction of sp³-hybridized carbons (Fsp3) is 0.444. The summed E-state index contributed by atoms with van der Waals surface area (Å²) in [4.78, 5) is 43.3. The number of benzene rings is 2. The second-order valence-electron chi connectivity index (χ2n) is 9.34. The lowest BCUT2D eigenvalue weighted by molar-refractivity contribution is -0.136. The van der Waals surface area contributed by atoms with Gasteiger partial charge in [0.15, 0.2) is 0 Å². The average Bonchev–Trinajstić information content (AvgIpc) is 2.87. The Bertz CT molecular complexity index is 1030. The van der Waals surface area contributed by atoms with Crippen LogP contribution in [0.2, 0.25) is 0 Å². The molecule has 2 saturated heterocycles. The van der Waals surface area contributed by atoms with Gasteiger partial charge in [-0.1, -0.05) is 39.7 Å². The highest BCUT2D eigenvalue weighted by atomic mass is 79.9. The van der Waals surface area contributed by atoms with E-state index in [9.17, 15) is 14.4 Å². The molecule has 2 fully saturated rings. The van der Waals surface area contributed by atoms with Crippen molar-refractivity contribution in [2.24, 2.45) is 5.92 Å². The Labute approximate surface area is 209 Å². The van der Waals surface area contributed by atoms with E-state index in [-0.39, 0.29) is 23.6 Å². The van der Waals surface area contributed by atoms with E-state index in [4.69, 9.17) is 0 Å². The van der Waals surface area contributed by atoms with Crippen LogP contribution in [0.5, 0.6) is 0 Å². The summed E-state index contributed by atoms with van der Waals surface area (Å²) < 4.78 is 0.874. The molecule has 0 aromatic heterocycles. The summed E-state index contributed by atoms with van der Waals surface area (Å²) >= 11 is 3.43. The topological polar surface area (TPSA) is 69.7 Å². The molecule has 0 aliphatic carbocycles. The molecule has 0 radical (unpaired) electrons. The van der Waals surface area contributed by atoms with Crippen LogP contribution in [-0.2, 0) is 4.79 Å². The van der Waals surface area contributed by atoms with Crippen molar-refractivity contribution in [1.82, 2.24) is 15.1 Å². The fourth-order valence-electron chi connectivity index (χ4n) is 4.86. The minimum absolute atomic E-state index is 0.00217. The molecule has 7 heteroatoms. The number of likely N-dealkylation sites (tertiary alicyclic amines) is 2. The third kappa shape index (κ3) is 5.87. The Hall–Kier alpha value is -2.67. The predicted octanol–water partition coefficient (Wildman–Crippen LogP) is 4.42. The summed E-state index contributed by atoms with van der Waals surface area (Å²) in [6.07, 6.45) is 4.50. The van der Waals surface area contributed by atoms with Crippen LogP contribution in [0.4, 0.5) is 0 Å². The molecule has 3 amide bonds. The first-order valence-corrected chi connectivity index (χ1v) is 12.9. The van der Waals surface area contributed by atoms with Gasteiger partial charge in [-0.2, -0.15) is 0 Å². The highest BCUT2D eigenvalue weighted by Gasteiger charge is 2.36. The quantitative estimate of drug-likeness (QED) is 0.627. The van der Waals surface area contributed by atoms with Crippen LogP contribution < -0.4 is 5.32 Å². The maximum absolute atomic E-state index is 13.5. The highest BCUT2D eigenvalue weighted by molar-refractivity contribution is 9.10. The van der Waals surface area contributed by atoms with Crippen LogP contribution in [-0.4, -0.2) is 59.7 Å². The van der Waals surface area contributed by atoms with Gasteiger partial charge in [0, 0.05) is 41.8 Å². The van der Waals surface area contributed by atoms with Crippen molar-refractivity contribution in [3.05, 3.63) is 69.7 Å². The third-order valence-corrected chi connectivity index (χ3v) is 7.40. The van der Waals surface area contributed by atoms with Gasteiger partial charge in [0.05, 0.1) is 0 Å². The SMILES string of the molecule is Cc1ccc(C(=O)N[C@@H](C(=O)N2CCCCC2)C2CCN(C(=O)c3cccc(Br)c3)CC2)cc1. The van der Waals surface area contributed by atoms with Crippen LogP contribution in [0.25, 0.3) is 0 Å². The molecule has 0 saturated carbocycles. The largest absolute Gasteiger partial charge is 0.341 e. The Morgan fingerprint density at radius 3 is 2.21 bits per heavy atom. The zero-order valence-electron chi connectivity index (χ0n) is 19.6. The molecular formula is C27H32BrN3O3. The van der Waals surface area contributed by atoms with Crippen LogP contribution >= 0.6 is 15.9 Å². The zero-order valence-corrected chi connectivity index (χ0v) is 21.2. The average molecular weight is 526 g/mol. The molecule has 1 N–H and O–H groups in total. The Kier molecular flexibility index (Phi) is 8.03. The van der Waals surface area contributed by atoms with Gasteiger partial charge < -0.3 is 15.1 Å². The highest BCUT2D eigenvalue weighted by Crippen LogP contribution is 2.25. The number of amides is 3. The molecule has 4 rings (SSSR count). The molecule has 2 aliphatic heterocycles. The number of hydrogen-bond acceptors (Lipinski definition) is 3. The van der Waals surface area contributed by atoms with Crippen LogP contribution in [0.15, 0.2) is 53.0 Å². The molecule has 2 aromatic carbocycles. The van der Waals surface area contributed by atoms with E-state index < -0.39 is 6.04 Å². The number of rotatable bonds is 5. The minimum Gasteiger partial charge on any atom is -0.341 e. The van der Waals surface area contributed by atoms with E-state index in [2.05, 4.69) is 21.2 Å². The van der Waals surface area contributed by atoms with Crippen LogP contribution in [0.1, 0.15) is 58.4 Å². The van der Waals surface area contributed by atoms with Gasteiger partial charge in [0.1, 0.15) is 6.04 Å². The van der Waals surface area contributed by atoms with Crippen molar-refractivity contribution in [3.63, 3.8) is 0 Å². The fourth-order valence-corrected chi connectivity index (χ4v) is 5.26. The van der Waals surface area contributed by atoms with E-state index in [1.165, 1.54) is 0 Å². The first kappa shape index (κ1) is 24.5. The van der Waals surface area contributed by atoms with E-state index in [0.717, 1.165) is 42.4 Å². The molecule has 6 nitrogen and oxygen atoms in total. The van der Waals surface area contributed by atoms with Crippen molar-refractivity contribution in [3.8, 4) is 0 Å². The Morgan fingerprint density at radius 1 is 0.882 bits per heavy atom. The lowest BCUT2D eigenvalue weighted by Crippen LogP contribution is -2.55. The van der Waals surface area contributed by atoms with Gasteiger partial charge in [-0.15, -0.1) is 0 Å². The number of halogens is 1. The monoisotopic (exact) mass is 525 g/mol. The van der Waals surface area contributed by atoms with E-state index in [1.807, 2.05) is 53.1 Å². The molecule has 1 atom stereocenters. The minimum atomic E-state index is -0.574. The molecule has 2 aromatic rings. The van der Waals surface area contributed by atoms with Crippen molar-refractivity contribution in [2.75, 3.05) is 26.2 Å². The molecule has 0 unspecified atom stereocenters.